The summed E-state index contributed by atoms with van der Waals surface area (Å²) in [5, 5.41) is 30.6. The molecular weight excluding hydrogens is 540 g/mol. The number of aliphatic carboxylic acids is 2. The average Bonchev–Trinajstić information content (AvgIpc) is 2.88. The normalized spacial score (nSPS) is 11.5. The minimum absolute atomic E-state index is 0.00426. The highest BCUT2D eigenvalue weighted by atomic mass is 16.4. The summed E-state index contributed by atoms with van der Waals surface area (Å²) in [6.45, 7) is -2.77. The fraction of sp³-hybridized carbons (Fsp3) is 0.550. The Morgan fingerprint density at radius 3 is 1.70 bits per heavy atom. The van der Waals surface area contributed by atoms with Crippen LogP contribution in [0.25, 0.3) is 0 Å². The van der Waals surface area contributed by atoms with Gasteiger partial charge in [0.05, 0.1) is 32.6 Å². The zero-order valence-electron chi connectivity index (χ0n) is 21.4. The van der Waals surface area contributed by atoms with Crippen molar-refractivity contribution in [3.8, 4) is 0 Å². The number of hydrogen-bond acceptors (Lipinski definition) is 10. The molecule has 0 aliphatic heterocycles. The van der Waals surface area contributed by atoms with Crippen LogP contribution >= 0.6 is 0 Å². The number of guanidine groups is 1. The van der Waals surface area contributed by atoms with Crippen LogP contribution in [0.1, 0.15) is 19.3 Å². The van der Waals surface area contributed by atoms with Gasteiger partial charge in [-0.3, -0.25) is 43.3 Å². The molecule has 0 aromatic carbocycles. The van der Waals surface area contributed by atoms with Gasteiger partial charge in [0.15, 0.2) is 5.96 Å². The van der Waals surface area contributed by atoms with Gasteiger partial charge in [0.2, 0.25) is 35.4 Å². The highest BCUT2D eigenvalue weighted by molar-refractivity contribution is 5.95. The molecule has 0 aliphatic rings. The second-order valence-electron chi connectivity index (χ2n) is 7.87. The molecule has 0 bridgehead atoms. The van der Waals surface area contributed by atoms with E-state index < -0.39 is 92.1 Å². The summed E-state index contributed by atoms with van der Waals surface area (Å²) in [6.07, 6.45) is -0.656. The Labute approximate surface area is 227 Å². The maximum atomic E-state index is 12.7. The third-order valence-electron chi connectivity index (χ3n) is 4.54. The molecule has 0 unspecified atom stereocenters. The monoisotopic (exact) mass is 574 g/mol. The molecule has 40 heavy (non-hydrogen) atoms. The smallest absolute Gasteiger partial charge is 0.322 e. The number of carbonyl (C=O) groups excluding carboxylic acids is 6. The van der Waals surface area contributed by atoms with E-state index in [-0.39, 0.29) is 31.9 Å². The van der Waals surface area contributed by atoms with Gasteiger partial charge in [0.1, 0.15) is 18.6 Å². The molecule has 0 aromatic heterocycles. The quantitative estimate of drug-likeness (QED) is 0.0388. The Hall–Kier alpha value is -5.01. The Kier molecular flexibility index (Phi) is 16.7. The molecule has 6 amide bonds. The van der Waals surface area contributed by atoms with Crippen LogP contribution in [0.15, 0.2) is 4.99 Å². The van der Waals surface area contributed by atoms with E-state index in [9.17, 15) is 38.4 Å². The first-order chi connectivity index (χ1) is 18.7. The number of carbonyl (C=O) groups is 8. The van der Waals surface area contributed by atoms with Crippen LogP contribution in [-0.4, -0.2) is 115 Å². The average molecular weight is 575 g/mol. The van der Waals surface area contributed by atoms with Gasteiger partial charge in [-0.15, -0.1) is 0 Å². The van der Waals surface area contributed by atoms with Crippen LogP contribution in [0.2, 0.25) is 0 Å². The zero-order valence-corrected chi connectivity index (χ0v) is 21.4. The number of nitrogens with zero attached hydrogens (tertiary/aromatic N) is 1. The highest BCUT2D eigenvalue weighted by Gasteiger charge is 2.25. The van der Waals surface area contributed by atoms with E-state index in [2.05, 4.69) is 31.6 Å². The van der Waals surface area contributed by atoms with E-state index in [4.69, 9.17) is 27.4 Å². The summed E-state index contributed by atoms with van der Waals surface area (Å²) in [7, 11) is 0. The second kappa shape index (κ2) is 19.1. The summed E-state index contributed by atoms with van der Waals surface area (Å²) in [6, 6.07) is -2.85. The lowest BCUT2D eigenvalue weighted by atomic mass is 10.1. The zero-order chi connectivity index (χ0) is 30.7. The van der Waals surface area contributed by atoms with Crippen molar-refractivity contribution in [2.24, 2.45) is 22.2 Å². The molecule has 14 N–H and O–H groups in total. The van der Waals surface area contributed by atoms with E-state index in [0.29, 0.717) is 0 Å². The minimum Gasteiger partial charge on any atom is -0.481 e. The molecule has 20 heteroatoms. The first-order valence-electron chi connectivity index (χ1n) is 11.6. The van der Waals surface area contributed by atoms with Gasteiger partial charge < -0.3 is 59.3 Å². The van der Waals surface area contributed by atoms with Crippen LogP contribution in [0.4, 0.5) is 0 Å². The molecule has 224 valence electrons. The maximum Gasteiger partial charge on any atom is 0.322 e. The van der Waals surface area contributed by atoms with E-state index in [0.717, 1.165) is 0 Å². The summed E-state index contributed by atoms with van der Waals surface area (Å²) in [4.78, 5) is 97.3. The number of amides is 6. The molecule has 0 aromatic rings. The molecule has 2 atom stereocenters. The van der Waals surface area contributed by atoms with E-state index in [1.165, 1.54) is 0 Å². The largest absolute Gasteiger partial charge is 0.481 e. The van der Waals surface area contributed by atoms with Crippen LogP contribution < -0.4 is 49.1 Å². The summed E-state index contributed by atoms with van der Waals surface area (Å²) >= 11 is 0. The number of carboxylic acids is 2. The molecule has 0 saturated heterocycles. The van der Waals surface area contributed by atoms with Crippen molar-refractivity contribution in [3.63, 3.8) is 0 Å². The molecule has 0 aliphatic carbocycles. The molecule has 0 saturated carbocycles. The number of rotatable bonds is 19. The standard InChI is InChI=1S/C20H34N10O10/c21-5-12(31)25-6-13(32)26-7-14(33)29-10(2-1-3-24-20(22)23)18(39)27-8-15(34)30-11(4-16(35)36)19(40)28-9-17(37)38/h10-11H,1-9,21H2,(H,25,31)(H,26,32)(H,27,39)(H,28,40)(H,29,33)(H,30,34)(H,35,36)(H,37,38)(H4,22,23,24)/t10-,11-/m0/s1. The third kappa shape index (κ3) is 17.4. The highest BCUT2D eigenvalue weighted by Crippen LogP contribution is 1.99. The molecule has 0 radical (unpaired) electrons. The van der Waals surface area contributed by atoms with Crippen LogP contribution in [0.5, 0.6) is 0 Å². The Balaban J connectivity index is 5.09. The van der Waals surface area contributed by atoms with Gasteiger partial charge >= 0.3 is 11.9 Å². The lowest BCUT2D eigenvalue weighted by Gasteiger charge is -2.19. The SMILES string of the molecule is NCC(=O)NCC(=O)NCC(=O)N[C@@H](CCCN=C(N)N)C(=O)NCC(=O)N[C@@H](CC(=O)O)C(=O)NCC(=O)O. The Bertz CT molecular complexity index is 983. The Morgan fingerprint density at radius 2 is 1.15 bits per heavy atom. The topological polar surface area (TPSA) is 340 Å². The lowest BCUT2D eigenvalue weighted by Crippen LogP contribution is -2.53. The molecule has 20 nitrogen and oxygen atoms in total. The van der Waals surface area contributed by atoms with E-state index in [1.54, 1.807) is 0 Å². The van der Waals surface area contributed by atoms with Gasteiger partial charge in [-0.2, -0.15) is 0 Å². The van der Waals surface area contributed by atoms with Crippen molar-refractivity contribution in [2.75, 3.05) is 39.3 Å². The van der Waals surface area contributed by atoms with Gasteiger partial charge in [-0.05, 0) is 12.8 Å². The van der Waals surface area contributed by atoms with Gasteiger partial charge in [0.25, 0.3) is 0 Å². The molecule has 0 heterocycles. The summed E-state index contributed by atoms with van der Waals surface area (Å²) < 4.78 is 0. The van der Waals surface area contributed by atoms with Crippen molar-refractivity contribution >= 4 is 53.3 Å². The minimum atomic E-state index is -1.63. The predicted octanol–water partition coefficient (Wildman–Crippen LogP) is -7.01. The fourth-order valence-electron chi connectivity index (χ4n) is 2.72. The summed E-state index contributed by atoms with van der Waals surface area (Å²) in [5.74, 6) is -8.04. The first kappa shape index (κ1) is 35.0. The first-order valence-corrected chi connectivity index (χ1v) is 11.6. The number of aliphatic imine (C=N–C) groups is 1. The molecular formula is C20H34N10O10. The van der Waals surface area contributed by atoms with Crippen molar-refractivity contribution in [1.82, 2.24) is 31.9 Å². The van der Waals surface area contributed by atoms with Crippen molar-refractivity contribution in [3.05, 3.63) is 0 Å². The van der Waals surface area contributed by atoms with E-state index >= 15 is 0 Å². The molecule has 0 fully saturated rings. The fourth-order valence-corrected chi connectivity index (χ4v) is 2.72. The number of hydrogen-bond donors (Lipinski definition) is 11. The predicted molar refractivity (Wildman–Crippen MR) is 135 cm³/mol. The van der Waals surface area contributed by atoms with Gasteiger partial charge in [-0.25, -0.2) is 0 Å². The van der Waals surface area contributed by atoms with Crippen LogP contribution in [0, 0.1) is 0 Å². The van der Waals surface area contributed by atoms with Crippen molar-refractivity contribution in [1.29, 1.82) is 0 Å². The lowest BCUT2D eigenvalue weighted by molar-refractivity contribution is -0.141. The number of nitrogens with two attached hydrogens (primary N) is 3. The number of carboxylic acid groups (broad SMARTS) is 2. The van der Waals surface area contributed by atoms with Crippen LogP contribution in [0.3, 0.4) is 0 Å². The van der Waals surface area contributed by atoms with Crippen molar-refractivity contribution < 1.29 is 48.6 Å². The molecule has 0 rings (SSSR count). The summed E-state index contributed by atoms with van der Waals surface area (Å²) in [5.41, 5.74) is 15.6. The van der Waals surface area contributed by atoms with Crippen molar-refractivity contribution in [2.45, 2.75) is 31.3 Å². The molecule has 0 spiro atoms. The Morgan fingerprint density at radius 1 is 0.650 bits per heavy atom. The van der Waals surface area contributed by atoms with Gasteiger partial charge in [0, 0.05) is 6.54 Å². The van der Waals surface area contributed by atoms with Gasteiger partial charge in [-0.1, -0.05) is 0 Å². The third-order valence-corrected chi connectivity index (χ3v) is 4.54. The van der Waals surface area contributed by atoms with E-state index in [1.807, 2.05) is 5.32 Å². The number of nitrogens with one attached hydrogen (secondary N) is 6. The second-order valence-corrected chi connectivity index (χ2v) is 7.87. The van der Waals surface area contributed by atoms with Crippen LogP contribution in [-0.2, 0) is 38.4 Å². The maximum absolute atomic E-state index is 12.7.